The molecular weight excluding hydrogens is 324 g/mol. The van der Waals surface area contributed by atoms with Gasteiger partial charge in [-0.3, -0.25) is 4.79 Å². The van der Waals surface area contributed by atoms with Crippen molar-refractivity contribution in [3.8, 4) is 5.75 Å². The molecule has 0 radical (unpaired) electrons. The lowest BCUT2D eigenvalue weighted by Gasteiger charge is -2.13. The van der Waals surface area contributed by atoms with Crippen LogP contribution in [0.5, 0.6) is 5.75 Å². The highest BCUT2D eigenvalue weighted by Gasteiger charge is 2.10. The SMILES string of the molecule is CCc1ccccc1NCCC(=O)Nc1cc(C)c(Cl)cc1OC. The Bertz CT molecular complexity index is 717. The van der Waals surface area contributed by atoms with Crippen molar-refractivity contribution < 1.29 is 9.53 Å². The third-order valence-electron chi connectivity index (χ3n) is 3.82. The Hall–Kier alpha value is -2.20. The van der Waals surface area contributed by atoms with Crippen LogP contribution in [0.4, 0.5) is 11.4 Å². The van der Waals surface area contributed by atoms with Gasteiger partial charge in [0.2, 0.25) is 5.91 Å². The van der Waals surface area contributed by atoms with E-state index in [4.69, 9.17) is 16.3 Å². The van der Waals surface area contributed by atoms with Crippen molar-refractivity contribution in [2.45, 2.75) is 26.7 Å². The molecule has 2 aromatic carbocycles. The zero-order chi connectivity index (χ0) is 17.5. The van der Waals surface area contributed by atoms with E-state index in [0.29, 0.717) is 29.4 Å². The Labute approximate surface area is 148 Å². The van der Waals surface area contributed by atoms with E-state index in [-0.39, 0.29) is 5.91 Å². The van der Waals surface area contributed by atoms with Gasteiger partial charge in [-0.1, -0.05) is 36.7 Å². The number of ether oxygens (including phenoxy) is 1. The number of carbonyl (C=O) groups is 1. The third kappa shape index (κ3) is 4.65. The largest absolute Gasteiger partial charge is 0.495 e. The molecule has 0 aromatic heterocycles. The maximum Gasteiger partial charge on any atom is 0.226 e. The maximum absolute atomic E-state index is 12.2. The van der Waals surface area contributed by atoms with Crippen LogP contribution < -0.4 is 15.4 Å². The van der Waals surface area contributed by atoms with E-state index in [9.17, 15) is 4.79 Å². The van der Waals surface area contributed by atoms with Crippen LogP contribution in [0, 0.1) is 6.92 Å². The molecule has 0 spiro atoms. The van der Waals surface area contributed by atoms with E-state index in [2.05, 4.69) is 23.6 Å². The number of halogens is 1. The molecule has 2 N–H and O–H groups in total. The standard InChI is InChI=1S/C19H23ClN2O2/c1-4-14-7-5-6-8-16(14)21-10-9-19(23)22-17-11-13(2)15(20)12-18(17)24-3/h5-8,11-12,21H,4,9-10H2,1-3H3,(H,22,23). The van der Waals surface area contributed by atoms with Crippen molar-refractivity contribution in [1.29, 1.82) is 0 Å². The van der Waals surface area contributed by atoms with E-state index in [1.54, 1.807) is 13.2 Å². The Morgan fingerprint density at radius 2 is 1.96 bits per heavy atom. The number of hydrogen-bond acceptors (Lipinski definition) is 3. The lowest BCUT2D eigenvalue weighted by atomic mass is 10.1. The number of nitrogens with one attached hydrogen (secondary N) is 2. The van der Waals surface area contributed by atoms with Gasteiger partial charge in [-0.2, -0.15) is 0 Å². The molecule has 0 saturated carbocycles. The van der Waals surface area contributed by atoms with Crippen LogP contribution in [0.1, 0.15) is 24.5 Å². The molecule has 0 unspecified atom stereocenters. The number of aryl methyl sites for hydroxylation is 2. The minimum Gasteiger partial charge on any atom is -0.495 e. The number of para-hydroxylation sites is 1. The van der Waals surface area contributed by atoms with E-state index in [1.165, 1.54) is 5.56 Å². The molecule has 0 aliphatic carbocycles. The second kappa shape index (κ2) is 8.60. The molecule has 128 valence electrons. The van der Waals surface area contributed by atoms with Crippen LogP contribution >= 0.6 is 11.6 Å². The van der Waals surface area contributed by atoms with Crippen LogP contribution in [0.3, 0.4) is 0 Å². The maximum atomic E-state index is 12.2. The molecule has 0 aliphatic heterocycles. The molecular formula is C19H23ClN2O2. The molecule has 0 heterocycles. The topological polar surface area (TPSA) is 50.4 Å². The van der Waals surface area contributed by atoms with E-state index >= 15 is 0 Å². The average Bonchev–Trinajstić information content (AvgIpc) is 2.58. The Kier molecular flexibility index (Phi) is 6.50. The summed E-state index contributed by atoms with van der Waals surface area (Å²) in [7, 11) is 1.56. The van der Waals surface area contributed by atoms with E-state index in [0.717, 1.165) is 17.7 Å². The summed E-state index contributed by atoms with van der Waals surface area (Å²) in [6.07, 6.45) is 1.32. The van der Waals surface area contributed by atoms with Gasteiger partial charge in [0.05, 0.1) is 12.8 Å². The molecule has 24 heavy (non-hydrogen) atoms. The van der Waals surface area contributed by atoms with Crippen molar-refractivity contribution in [1.82, 2.24) is 0 Å². The molecule has 1 amide bonds. The van der Waals surface area contributed by atoms with Crippen molar-refractivity contribution >= 4 is 28.9 Å². The van der Waals surface area contributed by atoms with Gasteiger partial charge >= 0.3 is 0 Å². The first kappa shape index (κ1) is 18.1. The first-order chi connectivity index (χ1) is 11.5. The summed E-state index contributed by atoms with van der Waals surface area (Å²) in [6, 6.07) is 11.7. The molecule has 0 atom stereocenters. The van der Waals surface area contributed by atoms with Crippen LogP contribution in [0.2, 0.25) is 5.02 Å². The number of hydrogen-bond donors (Lipinski definition) is 2. The van der Waals surface area contributed by atoms with Gasteiger partial charge in [0.1, 0.15) is 5.75 Å². The zero-order valence-electron chi connectivity index (χ0n) is 14.3. The molecule has 5 heteroatoms. The minimum atomic E-state index is -0.0727. The number of rotatable bonds is 7. The van der Waals surface area contributed by atoms with Gasteiger partial charge in [-0.25, -0.2) is 0 Å². The number of amides is 1. The van der Waals surface area contributed by atoms with Crippen molar-refractivity contribution in [3.63, 3.8) is 0 Å². The van der Waals surface area contributed by atoms with Crippen LogP contribution in [-0.2, 0) is 11.2 Å². The quantitative estimate of drug-likeness (QED) is 0.766. The molecule has 2 aromatic rings. The lowest BCUT2D eigenvalue weighted by Crippen LogP contribution is -2.17. The number of anilines is 2. The summed E-state index contributed by atoms with van der Waals surface area (Å²) < 4.78 is 5.27. The van der Waals surface area contributed by atoms with Crippen molar-refractivity contribution in [3.05, 3.63) is 52.5 Å². The summed E-state index contributed by atoms with van der Waals surface area (Å²) in [5.41, 5.74) is 3.85. The smallest absolute Gasteiger partial charge is 0.226 e. The van der Waals surface area contributed by atoms with Crippen LogP contribution in [0.25, 0.3) is 0 Å². The lowest BCUT2D eigenvalue weighted by molar-refractivity contribution is -0.116. The first-order valence-corrected chi connectivity index (χ1v) is 8.38. The predicted octanol–water partition coefficient (Wildman–Crippen LogP) is 4.66. The zero-order valence-corrected chi connectivity index (χ0v) is 15.0. The second-order valence-electron chi connectivity index (χ2n) is 5.54. The molecule has 0 fully saturated rings. The third-order valence-corrected chi connectivity index (χ3v) is 4.23. The fourth-order valence-electron chi connectivity index (χ4n) is 2.45. The van der Waals surface area contributed by atoms with Gasteiger partial charge in [0.25, 0.3) is 0 Å². The summed E-state index contributed by atoms with van der Waals surface area (Å²) in [5.74, 6) is 0.486. The molecule has 2 rings (SSSR count). The summed E-state index contributed by atoms with van der Waals surface area (Å²) in [5, 5.41) is 6.81. The highest BCUT2D eigenvalue weighted by Crippen LogP contribution is 2.31. The minimum absolute atomic E-state index is 0.0727. The molecule has 0 bridgehead atoms. The number of methoxy groups -OCH3 is 1. The monoisotopic (exact) mass is 346 g/mol. The predicted molar refractivity (Wildman–Crippen MR) is 100 cm³/mol. The summed E-state index contributed by atoms with van der Waals surface area (Å²) in [6.45, 7) is 4.57. The van der Waals surface area contributed by atoms with Crippen LogP contribution in [-0.4, -0.2) is 19.6 Å². The van der Waals surface area contributed by atoms with Gasteiger partial charge in [-0.05, 0) is 36.6 Å². The van der Waals surface area contributed by atoms with Gasteiger partial charge < -0.3 is 15.4 Å². The molecule has 0 saturated heterocycles. The Morgan fingerprint density at radius 1 is 1.21 bits per heavy atom. The number of carbonyl (C=O) groups excluding carboxylic acids is 1. The normalized spacial score (nSPS) is 10.3. The van der Waals surface area contributed by atoms with Crippen LogP contribution in [0.15, 0.2) is 36.4 Å². The average molecular weight is 347 g/mol. The fourth-order valence-corrected chi connectivity index (χ4v) is 2.61. The Balaban J connectivity index is 1.93. The second-order valence-corrected chi connectivity index (χ2v) is 5.94. The summed E-state index contributed by atoms with van der Waals surface area (Å²) in [4.78, 5) is 12.2. The van der Waals surface area contributed by atoms with Gasteiger partial charge in [-0.15, -0.1) is 0 Å². The van der Waals surface area contributed by atoms with E-state index in [1.807, 2.05) is 31.2 Å². The first-order valence-electron chi connectivity index (χ1n) is 8.01. The van der Waals surface area contributed by atoms with Crippen molar-refractivity contribution in [2.24, 2.45) is 0 Å². The highest BCUT2D eigenvalue weighted by molar-refractivity contribution is 6.31. The molecule has 4 nitrogen and oxygen atoms in total. The van der Waals surface area contributed by atoms with Gasteiger partial charge in [0.15, 0.2) is 0 Å². The Morgan fingerprint density at radius 3 is 2.67 bits per heavy atom. The molecule has 0 aliphatic rings. The summed E-state index contributed by atoms with van der Waals surface area (Å²) >= 11 is 6.08. The number of benzene rings is 2. The fraction of sp³-hybridized carbons (Fsp3) is 0.316. The highest BCUT2D eigenvalue weighted by atomic mass is 35.5. The van der Waals surface area contributed by atoms with Gasteiger partial charge in [0, 0.05) is 29.7 Å². The van der Waals surface area contributed by atoms with Crippen molar-refractivity contribution in [2.75, 3.05) is 24.3 Å². The van der Waals surface area contributed by atoms with E-state index < -0.39 is 0 Å².